The van der Waals surface area contributed by atoms with Crippen molar-refractivity contribution in [1.29, 1.82) is 0 Å². The van der Waals surface area contributed by atoms with Crippen LogP contribution in [0.1, 0.15) is 37.6 Å². The maximum absolute atomic E-state index is 12.5. The van der Waals surface area contributed by atoms with Gasteiger partial charge in [-0.15, -0.1) is 10.2 Å². The van der Waals surface area contributed by atoms with Crippen LogP contribution in [0.5, 0.6) is 0 Å². The fraction of sp³-hybridized carbons (Fsp3) is 0.348. The zero-order valence-electron chi connectivity index (χ0n) is 17.0. The Hall–Kier alpha value is -3.15. The van der Waals surface area contributed by atoms with E-state index in [1.807, 2.05) is 62.4 Å². The molecule has 2 N–H and O–H groups in total. The quantitative estimate of drug-likeness (QED) is 0.678. The fourth-order valence-electron chi connectivity index (χ4n) is 3.65. The SMILES string of the molecule is Cc1ccc(NC(=O)[C@H](C)Nc2cccc(-c3nnc4n3CCCCC4)c2)cc1. The van der Waals surface area contributed by atoms with Crippen molar-refractivity contribution in [2.45, 2.75) is 52.1 Å². The highest BCUT2D eigenvalue weighted by atomic mass is 16.2. The van der Waals surface area contributed by atoms with Crippen LogP contribution in [0.2, 0.25) is 0 Å². The summed E-state index contributed by atoms with van der Waals surface area (Å²) in [5, 5.41) is 15.1. The summed E-state index contributed by atoms with van der Waals surface area (Å²) in [7, 11) is 0. The maximum atomic E-state index is 12.5. The third-order valence-corrected chi connectivity index (χ3v) is 5.33. The number of anilines is 2. The first kappa shape index (κ1) is 19.2. The van der Waals surface area contributed by atoms with E-state index >= 15 is 0 Å². The monoisotopic (exact) mass is 389 g/mol. The molecular weight excluding hydrogens is 362 g/mol. The topological polar surface area (TPSA) is 71.8 Å². The standard InChI is InChI=1S/C23H27N5O/c1-16-10-12-19(13-11-16)25-23(29)17(2)24-20-8-6-7-18(15-20)22-27-26-21-9-4-3-5-14-28(21)22/h6-8,10-13,15,17,24H,3-5,9,14H2,1-2H3,(H,25,29)/t17-/m0/s1. The Kier molecular flexibility index (Phi) is 5.60. The number of aryl methyl sites for hydroxylation is 2. The molecule has 0 saturated carbocycles. The zero-order valence-corrected chi connectivity index (χ0v) is 17.0. The number of aromatic nitrogens is 3. The van der Waals surface area contributed by atoms with Crippen LogP contribution in [0.25, 0.3) is 11.4 Å². The van der Waals surface area contributed by atoms with Crippen molar-refractivity contribution in [1.82, 2.24) is 14.8 Å². The predicted molar refractivity (Wildman–Crippen MR) is 116 cm³/mol. The Balaban J connectivity index is 1.47. The molecule has 150 valence electrons. The fourth-order valence-corrected chi connectivity index (χ4v) is 3.65. The van der Waals surface area contributed by atoms with Gasteiger partial charge in [-0.3, -0.25) is 4.79 Å². The molecule has 4 rings (SSSR count). The molecule has 0 fully saturated rings. The highest BCUT2D eigenvalue weighted by molar-refractivity contribution is 5.96. The van der Waals surface area contributed by atoms with Gasteiger partial charge in [0.25, 0.3) is 0 Å². The molecule has 0 saturated heterocycles. The molecule has 0 radical (unpaired) electrons. The van der Waals surface area contributed by atoms with Crippen molar-refractivity contribution in [3.63, 3.8) is 0 Å². The van der Waals surface area contributed by atoms with E-state index in [2.05, 4.69) is 25.4 Å². The van der Waals surface area contributed by atoms with E-state index in [-0.39, 0.29) is 11.9 Å². The predicted octanol–water partition coefficient (Wildman–Crippen LogP) is 4.42. The molecule has 6 heteroatoms. The van der Waals surface area contributed by atoms with E-state index in [1.165, 1.54) is 12.8 Å². The number of carbonyl (C=O) groups is 1. The van der Waals surface area contributed by atoms with Gasteiger partial charge in [0.1, 0.15) is 11.9 Å². The third-order valence-electron chi connectivity index (χ3n) is 5.33. The molecule has 1 amide bonds. The normalized spacial score (nSPS) is 14.6. The summed E-state index contributed by atoms with van der Waals surface area (Å²) >= 11 is 0. The number of amides is 1. The molecule has 0 aliphatic carbocycles. The van der Waals surface area contributed by atoms with Crippen LogP contribution in [0.15, 0.2) is 48.5 Å². The van der Waals surface area contributed by atoms with Gasteiger partial charge < -0.3 is 15.2 Å². The summed E-state index contributed by atoms with van der Waals surface area (Å²) in [6, 6.07) is 15.5. The van der Waals surface area contributed by atoms with Crippen LogP contribution in [0.4, 0.5) is 11.4 Å². The molecule has 0 unspecified atom stereocenters. The van der Waals surface area contributed by atoms with Gasteiger partial charge in [-0.2, -0.15) is 0 Å². The Bertz CT molecular complexity index is 993. The van der Waals surface area contributed by atoms with Gasteiger partial charge in [-0.25, -0.2) is 0 Å². The average molecular weight is 390 g/mol. The van der Waals surface area contributed by atoms with Gasteiger partial charge in [0, 0.05) is 29.9 Å². The van der Waals surface area contributed by atoms with Gasteiger partial charge in [0.15, 0.2) is 5.82 Å². The number of hydrogen-bond donors (Lipinski definition) is 2. The molecule has 2 heterocycles. The highest BCUT2D eigenvalue weighted by Gasteiger charge is 2.17. The van der Waals surface area contributed by atoms with Gasteiger partial charge in [0.05, 0.1) is 0 Å². The average Bonchev–Trinajstić information content (AvgIpc) is 2.98. The molecule has 0 spiro atoms. The van der Waals surface area contributed by atoms with Gasteiger partial charge in [-0.1, -0.05) is 36.2 Å². The summed E-state index contributed by atoms with van der Waals surface area (Å²) in [6.07, 6.45) is 4.55. The summed E-state index contributed by atoms with van der Waals surface area (Å²) in [5.74, 6) is 1.90. The Morgan fingerprint density at radius 2 is 1.86 bits per heavy atom. The van der Waals surface area contributed by atoms with E-state index < -0.39 is 0 Å². The van der Waals surface area contributed by atoms with Crippen LogP contribution < -0.4 is 10.6 Å². The lowest BCUT2D eigenvalue weighted by molar-refractivity contribution is -0.116. The molecule has 1 aliphatic heterocycles. The van der Waals surface area contributed by atoms with Crippen LogP contribution in [0.3, 0.4) is 0 Å². The van der Waals surface area contributed by atoms with Crippen molar-refractivity contribution in [2.75, 3.05) is 10.6 Å². The summed E-state index contributed by atoms with van der Waals surface area (Å²) in [4.78, 5) is 12.5. The van der Waals surface area contributed by atoms with Gasteiger partial charge in [-0.05, 0) is 51.0 Å². The van der Waals surface area contributed by atoms with E-state index in [1.54, 1.807) is 0 Å². The lowest BCUT2D eigenvalue weighted by atomic mass is 10.1. The molecule has 0 bridgehead atoms. The van der Waals surface area contributed by atoms with Crippen LogP contribution >= 0.6 is 0 Å². The molecule has 1 aromatic heterocycles. The Labute approximate surface area is 171 Å². The number of nitrogens with one attached hydrogen (secondary N) is 2. The number of benzene rings is 2. The molecule has 2 aromatic carbocycles. The van der Waals surface area contributed by atoms with E-state index in [0.29, 0.717) is 0 Å². The van der Waals surface area contributed by atoms with Crippen LogP contribution in [-0.4, -0.2) is 26.7 Å². The number of carbonyl (C=O) groups excluding carboxylic acids is 1. The third kappa shape index (κ3) is 4.47. The van der Waals surface area contributed by atoms with E-state index in [0.717, 1.165) is 53.5 Å². The number of hydrogen-bond acceptors (Lipinski definition) is 4. The minimum Gasteiger partial charge on any atom is -0.374 e. The van der Waals surface area contributed by atoms with Crippen molar-refractivity contribution in [3.8, 4) is 11.4 Å². The summed E-state index contributed by atoms with van der Waals surface area (Å²) in [5.41, 5.74) is 3.87. The Morgan fingerprint density at radius 1 is 1.03 bits per heavy atom. The van der Waals surface area contributed by atoms with Crippen molar-refractivity contribution < 1.29 is 4.79 Å². The van der Waals surface area contributed by atoms with Crippen molar-refractivity contribution >= 4 is 17.3 Å². The lowest BCUT2D eigenvalue weighted by Crippen LogP contribution is -2.31. The van der Waals surface area contributed by atoms with Gasteiger partial charge in [0.2, 0.25) is 5.91 Å². The number of nitrogens with zero attached hydrogens (tertiary/aromatic N) is 3. The van der Waals surface area contributed by atoms with Gasteiger partial charge >= 0.3 is 0 Å². The van der Waals surface area contributed by atoms with Crippen LogP contribution in [0, 0.1) is 6.92 Å². The number of fused-ring (bicyclic) bond motifs is 1. The Morgan fingerprint density at radius 3 is 2.69 bits per heavy atom. The minimum atomic E-state index is -0.373. The second kappa shape index (κ2) is 8.47. The molecule has 6 nitrogen and oxygen atoms in total. The van der Waals surface area contributed by atoms with Crippen molar-refractivity contribution in [3.05, 3.63) is 59.9 Å². The van der Waals surface area contributed by atoms with E-state index in [9.17, 15) is 4.79 Å². The second-order valence-corrected chi connectivity index (χ2v) is 7.70. The second-order valence-electron chi connectivity index (χ2n) is 7.70. The first-order chi connectivity index (χ1) is 14.1. The number of rotatable bonds is 5. The first-order valence-electron chi connectivity index (χ1n) is 10.3. The van der Waals surface area contributed by atoms with E-state index in [4.69, 9.17) is 0 Å². The molecule has 1 aliphatic rings. The zero-order chi connectivity index (χ0) is 20.2. The maximum Gasteiger partial charge on any atom is 0.246 e. The lowest BCUT2D eigenvalue weighted by Gasteiger charge is -2.16. The molecule has 1 atom stereocenters. The minimum absolute atomic E-state index is 0.0735. The molecular formula is C23H27N5O. The highest BCUT2D eigenvalue weighted by Crippen LogP contribution is 2.25. The molecule has 3 aromatic rings. The first-order valence-corrected chi connectivity index (χ1v) is 10.3. The van der Waals surface area contributed by atoms with Crippen molar-refractivity contribution in [2.24, 2.45) is 0 Å². The summed E-state index contributed by atoms with van der Waals surface area (Å²) in [6.45, 7) is 4.85. The smallest absolute Gasteiger partial charge is 0.246 e. The van der Waals surface area contributed by atoms with Crippen LogP contribution in [-0.2, 0) is 17.8 Å². The largest absolute Gasteiger partial charge is 0.374 e. The summed E-state index contributed by atoms with van der Waals surface area (Å²) < 4.78 is 2.24. The molecule has 29 heavy (non-hydrogen) atoms.